The minimum atomic E-state index is -0.240. The molecular weight excluding hydrogens is 286 g/mol. The van der Waals surface area contributed by atoms with Crippen LogP contribution in [0.25, 0.3) is 0 Å². The van der Waals surface area contributed by atoms with E-state index in [9.17, 15) is 4.79 Å². The van der Waals surface area contributed by atoms with Gasteiger partial charge in [0.25, 0.3) is 5.91 Å². The molecule has 92 valence electrons. The van der Waals surface area contributed by atoms with Crippen molar-refractivity contribution in [1.29, 1.82) is 0 Å². The lowest BCUT2D eigenvalue weighted by atomic mass is 10.3. The van der Waals surface area contributed by atoms with Crippen LogP contribution in [-0.4, -0.2) is 19.6 Å². The Hall–Kier alpha value is -1.49. The van der Waals surface area contributed by atoms with E-state index in [2.05, 4.69) is 21.2 Å². The van der Waals surface area contributed by atoms with E-state index in [1.54, 1.807) is 25.3 Å². The maximum absolute atomic E-state index is 11.4. The van der Waals surface area contributed by atoms with Gasteiger partial charge in [0.2, 0.25) is 0 Å². The average molecular weight is 300 g/mol. The number of benzene rings is 1. The highest BCUT2D eigenvalue weighted by atomic mass is 79.9. The zero-order valence-electron chi connectivity index (χ0n) is 9.70. The van der Waals surface area contributed by atoms with Gasteiger partial charge in [0.15, 0.2) is 0 Å². The smallest absolute Gasteiger partial charge is 0.251 e. The molecule has 17 heavy (non-hydrogen) atoms. The minimum absolute atomic E-state index is 0.240. The van der Waals surface area contributed by atoms with Crippen LogP contribution >= 0.6 is 15.9 Å². The van der Waals surface area contributed by atoms with Crippen LogP contribution in [0, 0.1) is 0 Å². The molecular formula is C12H14BrNO3. The summed E-state index contributed by atoms with van der Waals surface area (Å²) in [5.74, 6) is 0.475. The highest BCUT2D eigenvalue weighted by Gasteiger charge is 2.03. The Balaban J connectivity index is 2.63. The van der Waals surface area contributed by atoms with Crippen molar-refractivity contribution in [3.05, 3.63) is 35.0 Å². The molecule has 1 amide bonds. The van der Waals surface area contributed by atoms with Gasteiger partial charge in [-0.1, -0.05) is 0 Å². The zero-order valence-corrected chi connectivity index (χ0v) is 11.3. The molecule has 0 radical (unpaired) electrons. The van der Waals surface area contributed by atoms with Crippen LogP contribution in [0.1, 0.15) is 6.92 Å². The number of rotatable bonds is 5. The molecule has 5 heteroatoms. The van der Waals surface area contributed by atoms with Gasteiger partial charge in [0.1, 0.15) is 5.75 Å². The molecule has 1 aromatic rings. The third-order valence-corrected chi connectivity index (χ3v) is 2.52. The van der Waals surface area contributed by atoms with Crippen molar-refractivity contribution in [2.45, 2.75) is 6.92 Å². The number of anilines is 1. The number of hydrogen-bond acceptors (Lipinski definition) is 3. The first-order valence-electron chi connectivity index (χ1n) is 5.10. The Morgan fingerprint density at radius 3 is 2.88 bits per heavy atom. The average Bonchev–Trinajstić information content (AvgIpc) is 2.29. The number of nitrogens with one attached hydrogen (secondary N) is 1. The number of halogens is 1. The van der Waals surface area contributed by atoms with Gasteiger partial charge in [-0.3, -0.25) is 4.79 Å². The van der Waals surface area contributed by atoms with E-state index in [4.69, 9.17) is 9.47 Å². The summed E-state index contributed by atoms with van der Waals surface area (Å²) in [6, 6.07) is 5.30. The Morgan fingerprint density at radius 2 is 2.29 bits per heavy atom. The summed E-state index contributed by atoms with van der Waals surface area (Å²) in [5.41, 5.74) is 0.684. The highest BCUT2D eigenvalue weighted by molar-refractivity contribution is 9.10. The number of carbonyl (C=O) groups is 1. The van der Waals surface area contributed by atoms with Gasteiger partial charge < -0.3 is 14.8 Å². The second-order valence-electron chi connectivity index (χ2n) is 3.10. The SMILES string of the molecule is CCOC=CC(=O)Nc1ccc(OC)c(Br)c1. The van der Waals surface area contributed by atoms with E-state index >= 15 is 0 Å². The van der Waals surface area contributed by atoms with E-state index in [1.165, 1.54) is 12.3 Å². The molecule has 0 unspecified atom stereocenters. The molecule has 0 saturated carbocycles. The van der Waals surface area contributed by atoms with Crippen molar-refractivity contribution in [2.75, 3.05) is 19.0 Å². The van der Waals surface area contributed by atoms with Crippen LogP contribution in [0.3, 0.4) is 0 Å². The molecule has 0 aliphatic heterocycles. The first-order valence-corrected chi connectivity index (χ1v) is 5.89. The van der Waals surface area contributed by atoms with Gasteiger partial charge in [0.05, 0.1) is 24.5 Å². The molecule has 0 aromatic heterocycles. The fourth-order valence-electron chi connectivity index (χ4n) is 1.13. The minimum Gasteiger partial charge on any atom is -0.501 e. The van der Waals surface area contributed by atoms with Crippen molar-refractivity contribution < 1.29 is 14.3 Å². The molecule has 0 saturated heterocycles. The summed E-state index contributed by atoms with van der Waals surface area (Å²) >= 11 is 3.34. The third kappa shape index (κ3) is 4.48. The summed E-state index contributed by atoms with van der Waals surface area (Å²) in [7, 11) is 1.59. The van der Waals surface area contributed by atoms with Gasteiger partial charge in [-0.05, 0) is 41.1 Å². The van der Waals surface area contributed by atoms with Crippen LogP contribution in [0.5, 0.6) is 5.75 Å². The summed E-state index contributed by atoms with van der Waals surface area (Å²) < 4.78 is 10.8. The number of hydrogen-bond donors (Lipinski definition) is 1. The van der Waals surface area contributed by atoms with Gasteiger partial charge in [-0.15, -0.1) is 0 Å². The molecule has 4 nitrogen and oxygen atoms in total. The second-order valence-corrected chi connectivity index (χ2v) is 3.95. The lowest BCUT2D eigenvalue weighted by molar-refractivity contribution is -0.112. The summed E-state index contributed by atoms with van der Waals surface area (Å²) in [5, 5.41) is 2.70. The third-order valence-electron chi connectivity index (χ3n) is 1.90. The second kappa shape index (κ2) is 6.96. The maximum atomic E-state index is 11.4. The summed E-state index contributed by atoms with van der Waals surface area (Å²) in [4.78, 5) is 11.4. The number of methoxy groups -OCH3 is 1. The quantitative estimate of drug-likeness (QED) is 0.672. The van der Waals surface area contributed by atoms with Crippen LogP contribution < -0.4 is 10.1 Å². The van der Waals surface area contributed by atoms with Gasteiger partial charge >= 0.3 is 0 Å². The van der Waals surface area contributed by atoms with Gasteiger partial charge in [-0.25, -0.2) is 0 Å². The monoisotopic (exact) mass is 299 g/mol. The predicted octanol–water partition coefficient (Wildman–Crippen LogP) is 2.95. The first-order chi connectivity index (χ1) is 8.17. The summed E-state index contributed by atoms with van der Waals surface area (Å²) in [6.45, 7) is 2.39. The number of amides is 1. The Morgan fingerprint density at radius 1 is 1.53 bits per heavy atom. The van der Waals surface area contributed by atoms with Crippen molar-refractivity contribution in [1.82, 2.24) is 0 Å². The Kier molecular flexibility index (Phi) is 5.56. The molecule has 0 bridgehead atoms. The van der Waals surface area contributed by atoms with Gasteiger partial charge in [0, 0.05) is 11.8 Å². The molecule has 0 aliphatic rings. The molecule has 0 fully saturated rings. The Labute approximate surface area is 109 Å². The Bertz CT molecular complexity index is 418. The molecule has 0 atom stereocenters. The van der Waals surface area contributed by atoms with Crippen molar-refractivity contribution in [3.8, 4) is 5.75 Å². The molecule has 1 aromatic carbocycles. The van der Waals surface area contributed by atoms with Gasteiger partial charge in [-0.2, -0.15) is 0 Å². The number of carbonyl (C=O) groups excluding carboxylic acids is 1. The van der Waals surface area contributed by atoms with Crippen LogP contribution in [0.4, 0.5) is 5.69 Å². The molecule has 0 aliphatic carbocycles. The van der Waals surface area contributed by atoms with Crippen molar-refractivity contribution >= 4 is 27.5 Å². The molecule has 1 N–H and O–H groups in total. The highest BCUT2D eigenvalue weighted by Crippen LogP contribution is 2.27. The summed E-state index contributed by atoms with van der Waals surface area (Å²) in [6.07, 6.45) is 2.70. The van der Waals surface area contributed by atoms with E-state index < -0.39 is 0 Å². The molecule has 0 spiro atoms. The maximum Gasteiger partial charge on any atom is 0.251 e. The van der Waals surface area contributed by atoms with Crippen LogP contribution in [0.15, 0.2) is 35.0 Å². The normalized spacial score (nSPS) is 10.3. The zero-order chi connectivity index (χ0) is 12.7. The van der Waals surface area contributed by atoms with Crippen LogP contribution in [0.2, 0.25) is 0 Å². The first kappa shape index (κ1) is 13.6. The largest absolute Gasteiger partial charge is 0.501 e. The lowest BCUT2D eigenvalue weighted by Gasteiger charge is -2.06. The lowest BCUT2D eigenvalue weighted by Crippen LogP contribution is -2.08. The fourth-order valence-corrected chi connectivity index (χ4v) is 1.67. The molecule has 1 rings (SSSR count). The van der Waals surface area contributed by atoms with E-state index in [0.29, 0.717) is 18.0 Å². The predicted molar refractivity (Wildman–Crippen MR) is 70.1 cm³/mol. The van der Waals surface area contributed by atoms with E-state index in [-0.39, 0.29) is 5.91 Å². The molecule has 0 heterocycles. The fraction of sp³-hybridized carbons (Fsp3) is 0.250. The van der Waals surface area contributed by atoms with Crippen molar-refractivity contribution in [3.63, 3.8) is 0 Å². The standard InChI is InChI=1S/C12H14BrNO3/c1-3-17-7-6-12(15)14-9-4-5-11(16-2)10(13)8-9/h4-8H,3H2,1-2H3,(H,14,15). The number of ether oxygens (including phenoxy) is 2. The van der Waals surface area contributed by atoms with E-state index in [1.807, 2.05) is 6.92 Å². The van der Waals surface area contributed by atoms with Crippen LogP contribution in [-0.2, 0) is 9.53 Å². The van der Waals surface area contributed by atoms with E-state index in [0.717, 1.165) is 4.47 Å². The van der Waals surface area contributed by atoms with Crippen molar-refractivity contribution in [2.24, 2.45) is 0 Å². The topological polar surface area (TPSA) is 47.6 Å².